The van der Waals surface area contributed by atoms with Crippen LogP contribution in [0.3, 0.4) is 0 Å². The molecule has 5 heteroatoms. The van der Waals surface area contributed by atoms with Crippen LogP contribution in [0.25, 0.3) is 55.7 Å². The molecule has 4 nitrogen and oxygen atoms in total. The van der Waals surface area contributed by atoms with E-state index in [4.69, 9.17) is 14.4 Å². The molecular weight excluding hydrogens is 760 g/mol. The van der Waals surface area contributed by atoms with E-state index in [9.17, 15) is 5.11 Å². The van der Waals surface area contributed by atoms with Crippen LogP contribution in [0.15, 0.2) is 114 Å². The summed E-state index contributed by atoms with van der Waals surface area (Å²) in [6.07, 6.45) is 1.89. The van der Waals surface area contributed by atoms with Gasteiger partial charge in [0.2, 0.25) is 5.89 Å². The van der Waals surface area contributed by atoms with Crippen LogP contribution in [0.1, 0.15) is 56.9 Å². The SMILES string of the molecule is Cc1ccnc2c(-c3[c-]c(-c4cc(C(C)(C)c5ccccc5)cc5oc(-c6ccccc6O)nc45)ccc3)cc(C(C)(C)C)cc12.[Pt]. The predicted octanol–water partition coefficient (Wildman–Crippen LogP) is 10.8. The summed E-state index contributed by atoms with van der Waals surface area (Å²) in [4.78, 5) is 9.82. The number of hydrogen-bond donors (Lipinski definition) is 1. The molecule has 7 rings (SSSR count). The molecule has 47 heavy (non-hydrogen) atoms. The third kappa shape index (κ3) is 5.92. The Morgan fingerprint density at radius 1 is 0.660 bits per heavy atom. The fraction of sp³-hybridized carbons (Fsp3) is 0.190. The van der Waals surface area contributed by atoms with E-state index in [1.165, 1.54) is 16.7 Å². The smallest absolute Gasteiger partial charge is 0.230 e. The maximum Gasteiger partial charge on any atom is 0.230 e. The van der Waals surface area contributed by atoms with Crippen molar-refractivity contribution in [2.75, 3.05) is 0 Å². The van der Waals surface area contributed by atoms with Gasteiger partial charge in [0.1, 0.15) is 11.3 Å². The molecule has 7 aromatic rings. The van der Waals surface area contributed by atoms with E-state index in [1.807, 2.05) is 24.4 Å². The number of rotatable bonds is 5. The monoisotopic (exact) mass is 796 g/mol. The molecule has 2 heterocycles. The number of fused-ring (bicyclic) bond motifs is 2. The van der Waals surface area contributed by atoms with Crippen LogP contribution in [0, 0.1) is 13.0 Å². The van der Waals surface area contributed by atoms with Gasteiger partial charge in [-0.2, -0.15) is 0 Å². The Bertz CT molecular complexity index is 2240. The van der Waals surface area contributed by atoms with Gasteiger partial charge < -0.3 is 9.52 Å². The van der Waals surface area contributed by atoms with Gasteiger partial charge in [-0.05, 0) is 64.2 Å². The second-order valence-electron chi connectivity index (χ2n) is 13.7. The molecule has 0 aliphatic carbocycles. The van der Waals surface area contributed by atoms with Crippen molar-refractivity contribution in [3.63, 3.8) is 0 Å². The molecular formula is C42H37N2O2Pt-. The minimum absolute atomic E-state index is 0. The molecule has 0 aliphatic heterocycles. The minimum Gasteiger partial charge on any atom is -0.507 e. The van der Waals surface area contributed by atoms with E-state index in [0.717, 1.165) is 44.2 Å². The van der Waals surface area contributed by atoms with Crippen molar-refractivity contribution in [1.29, 1.82) is 0 Å². The summed E-state index contributed by atoms with van der Waals surface area (Å²) in [5.41, 5.74) is 11.2. The minimum atomic E-state index is -0.317. The summed E-state index contributed by atoms with van der Waals surface area (Å²) >= 11 is 0. The maximum atomic E-state index is 10.6. The second kappa shape index (κ2) is 12.2. The molecule has 0 spiro atoms. The van der Waals surface area contributed by atoms with Gasteiger partial charge in [0, 0.05) is 38.2 Å². The molecule has 2 aromatic heterocycles. The number of para-hydroxylation sites is 1. The van der Waals surface area contributed by atoms with Gasteiger partial charge in [-0.25, -0.2) is 4.98 Å². The van der Waals surface area contributed by atoms with Crippen LogP contribution in [-0.4, -0.2) is 15.1 Å². The predicted molar refractivity (Wildman–Crippen MR) is 188 cm³/mol. The van der Waals surface area contributed by atoms with Gasteiger partial charge in [-0.3, -0.25) is 4.98 Å². The number of phenols is 1. The average Bonchev–Trinajstić information content (AvgIpc) is 3.48. The molecule has 0 atom stereocenters. The first-order valence-corrected chi connectivity index (χ1v) is 15.7. The average molecular weight is 797 g/mol. The van der Waals surface area contributed by atoms with Crippen molar-refractivity contribution >= 4 is 22.0 Å². The van der Waals surface area contributed by atoms with Crippen molar-refractivity contribution in [2.45, 2.75) is 52.4 Å². The second-order valence-corrected chi connectivity index (χ2v) is 13.7. The normalized spacial score (nSPS) is 12.0. The van der Waals surface area contributed by atoms with E-state index in [1.54, 1.807) is 12.1 Å². The van der Waals surface area contributed by atoms with E-state index in [-0.39, 0.29) is 37.6 Å². The zero-order valence-corrected chi connectivity index (χ0v) is 29.7. The summed E-state index contributed by atoms with van der Waals surface area (Å²) in [7, 11) is 0. The number of benzene rings is 5. The first-order chi connectivity index (χ1) is 22.0. The van der Waals surface area contributed by atoms with Crippen LogP contribution >= 0.6 is 0 Å². The Labute approximate surface area is 290 Å². The summed E-state index contributed by atoms with van der Waals surface area (Å²) in [5.74, 6) is 0.506. The molecule has 0 fully saturated rings. The van der Waals surface area contributed by atoms with E-state index in [2.05, 4.69) is 120 Å². The van der Waals surface area contributed by atoms with Gasteiger partial charge >= 0.3 is 0 Å². The summed E-state index contributed by atoms with van der Waals surface area (Å²) in [5, 5.41) is 11.8. The third-order valence-electron chi connectivity index (χ3n) is 9.15. The number of aryl methyl sites for hydroxylation is 1. The molecule has 0 radical (unpaired) electrons. The van der Waals surface area contributed by atoms with Crippen molar-refractivity contribution in [3.8, 4) is 39.5 Å². The maximum absolute atomic E-state index is 10.6. The van der Waals surface area contributed by atoms with Crippen molar-refractivity contribution in [1.82, 2.24) is 9.97 Å². The molecule has 0 aliphatic rings. The summed E-state index contributed by atoms with van der Waals surface area (Å²) in [6.45, 7) is 13.3. The third-order valence-corrected chi connectivity index (χ3v) is 9.15. The summed E-state index contributed by atoms with van der Waals surface area (Å²) in [6, 6.07) is 38.6. The number of nitrogens with zero attached hydrogens (tertiary/aromatic N) is 2. The Hall–Kier alpha value is -4.53. The van der Waals surface area contributed by atoms with Gasteiger partial charge in [-0.15, -0.1) is 35.4 Å². The van der Waals surface area contributed by atoms with Crippen LogP contribution in [0.4, 0.5) is 0 Å². The fourth-order valence-electron chi connectivity index (χ4n) is 6.20. The molecule has 5 aromatic carbocycles. The molecule has 0 saturated heterocycles. The quantitative estimate of drug-likeness (QED) is 0.176. The molecule has 1 N–H and O–H groups in total. The number of aromatic nitrogens is 2. The molecule has 0 unspecified atom stereocenters. The van der Waals surface area contributed by atoms with Gasteiger partial charge in [0.25, 0.3) is 0 Å². The Kier molecular flexibility index (Phi) is 8.44. The van der Waals surface area contributed by atoms with Crippen molar-refractivity contribution in [2.24, 2.45) is 0 Å². The van der Waals surface area contributed by atoms with E-state index >= 15 is 0 Å². The zero-order valence-electron chi connectivity index (χ0n) is 27.5. The van der Waals surface area contributed by atoms with Gasteiger partial charge in [0.05, 0.1) is 11.1 Å². The molecule has 238 valence electrons. The zero-order chi connectivity index (χ0) is 32.2. The van der Waals surface area contributed by atoms with Crippen LogP contribution in [-0.2, 0) is 31.9 Å². The Morgan fingerprint density at radius 2 is 1.32 bits per heavy atom. The van der Waals surface area contributed by atoms with Crippen LogP contribution in [0.2, 0.25) is 0 Å². The Balaban J connectivity index is 0.00000386. The topological polar surface area (TPSA) is 59.2 Å². The summed E-state index contributed by atoms with van der Waals surface area (Å²) < 4.78 is 6.41. The van der Waals surface area contributed by atoms with Gasteiger partial charge in [-0.1, -0.05) is 106 Å². The molecule has 0 bridgehead atoms. The largest absolute Gasteiger partial charge is 0.507 e. The van der Waals surface area contributed by atoms with Crippen LogP contribution < -0.4 is 0 Å². The molecule has 0 amide bonds. The van der Waals surface area contributed by atoms with Gasteiger partial charge in [0.15, 0.2) is 0 Å². The van der Waals surface area contributed by atoms with Crippen molar-refractivity contribution < 1.29 is 30.6 Å². The first kappa shape index (κ1) is 32.4. The van der Waals surface area contributed by atoms with E-state index < -0.39 is 0 Å². The number of oxazole rings is 1. The molecule has 0 saturated carbocycles. The standard InChI is InChI=1S/C42H37N2O2.Pt/c1-26-19-20-43-38-33(26)22-30(41(2,3)4)23-34(38)27-13-12-14-28(21-27)35-24-31(42(5,6)29-15-8-7-9-16-29)25-37-39(35)44-40(46-37)32-17-10-11-18-36(32)45;/h7-20,22-25,45H,1-6H3;/q-1;. The van der Waals surface area contributed by atoms with Crippen LogP contribution in [0.5, 0.6) is 5.75 Å². The number of aromatic hydroxyl groups is 1. The fourth-order valence-corrected chi connectivity index (χ4v) is 6.20. The first-order valence-electron chi connectivity index (χ1n) is 15.7. The Morgan fingerprint density at radius 3 is 2.02 bits per heavy atom. The number of pyridine rings is 1. The van der Waals surface area contributed by atoms with E-state index in [0.29, 0.717) is 17.0 Å². The van der Waals surface area contributed by atoms with Crippen molar-refractivity contribution in [3.05, 3.63) is 138 Å². The number of phenolic OH excluding ortho intramolecular Hbond substituents is 1. The number of hydrogen-bond acceptors (Lipinski definition) is 4.